The van der Waals surface area contributed by atoms with Crippen LogP contribution in [-0.2, 0) is 10.0 Å². The zero-order chi connectivity index (χ0) is 16.6. The number of hydrogen-bond acceptors (Lipinski definition) is 4. The Morgan fingerprint density at radius 1 is 1.04 bits per heavy atom. The van der Waals surface area contributed by atoms with Crippen LogP contribution in [0, 0.1) is 13.8 Å². The molecule has 0 N–H and O–H groups in total. The molecule has 0 saturated carbocycles. The molecule has 1 aromatic heterocycles. The predicted molar refractivity (Wildman–Crippen MR) is 89.4 cm³/mol. The van der Waals surface area contributed by atoms with E-state index in [1.54, 1.807) is 30.3 Å². The molecule has 0 atom stereocenters. The van der Waals surface area contributed by atoms with Crippen LogP contribution in [0.15, 0.2) is 47.4 Å². The second-order valence-corrected chi connectivity index (χ2v) is 7.19. The molecule has 6 heteroatoms. The van der Waals surface area contributed by atoms with Crippen LogP contribution in [0.5, 0.6) is 5.88 Å². The predicted octanol–water partition coefficient (Wildman–Crippen LogP) is 3.29. The van der Waals surface area contributed by atoms with E-state index >= 15 is 0 Å². The Hall–Kier alpha value is -2.34. The molecule has 3 aromatic rings. The number of nitrogens with zero attached hydrogens (tertiary/aromatic N) is 2. The molecule has 0 aliphatic heterocycles. The first-order valence-electron chi connectivity index (χ1n) is 7.38. The van der Waals surface area contributed by atoms with Gasteiger partial charge in [0.2, 0.25) is 5.88 Å². The van der Waals surface area contributed by atoms with Crippen LogP contribution < -0.4 is 4.74 Å². The number of fused-ring (bicyclic) bond motifs is 1. The van der Waals surface area contributed by atoms with Gasteiger partial charge in [-0.1, -0.05) is 23.8 Å². The van der Waals surface area contributed by atoms with Crippen molar-refractivity contribution in [3.8, 4) is 5.88 Å². The molecule has 0 aliphatic rings. The van der Waals surface area contributed by atoms with Crippen LogP contribution in [0.25, 0.3) is 10.9 Å². The van der Waals surface area contributed by atoms with Gasteiger partial charge in [-0.25, -0.2) is 0 Å². The van der Waals surface area contributed by atoms with Gasteiger partial charge in [-0.2, -0.15) is 8.42 Å². The Kier molecular flexibility index (Phi) is 3.85. The quantitative estimate of drug-likeness (QED) is 0.736. The van der Waals surface area contributed by atoms with Gasteiger partial charge in [-0.3, -0.25) is 0 Å². The molecular formula is C17H18N2O3S. The van der Waals surface area contributed by atoms with Crippen molar-refractivity contribution in [1.82, 2.24) is 9.19 Å². The molecule has 0 fully saturated rings. The number of aromatic nitrogens is 2. The number of benzene rings is 2. The lowest BCUT2D eigenvalue weighted by molar-refractivity contribution is 0.328. The van der Waals surface area contributed by atoms with Crippen LogP contribution in [0.1, 0.15) is 18.1 Å². The molecule has 0 aliphatic carbocycles. The third-order valence-electron chi connectivity index (χ3n) is 3.60. The van der Waals surface area contributed by atoms with Crippen molar-refractivity contribution in [3.05, 3.63) is 53.6 Å². The highest BCUT2D eigenvalue weighted by Crippen LogP contribution is 2.29. The molecule has 0 unspecified atom stereocenters. The Balaban J connectivity index is 2.26. The zero-order valence-electron chi connectivity index (χ0n) is 13.3. The second kappa shape index (κ2) is 5.70. The fraction of sp³-hybridized carbons (Fsp3) is 0.235. The van der Waals surface area contributed by atoms with E-state index in [4.69, 9.17) is 4.74 Å². The van der Waals surface area contributed by atoms with Gasteiger partial charge in [0.25, 0.3) is 10.0 Å². The minimum Gasteiger partial charge on any atom is -0.476 e. The summed E-state index contributed by atoms with van der Waals surface area (Å²) >= 11 is 0. The van der Waals surface area contributed by atoms with Crippen molar-refractivity contribution in [2.24, 2.45) is 0 Å². The van der Waals surface area contributed by atoms with Gasteiger partial charge in [0, 0.05) is 0 Å². The van der Waals surface area contributed by atoms with Crippen molar-refractivity contribution in [1.29, 1.82) is 0 Å². The molecule has 23 heavy (non-hydrogen) atoms. The Bertz CT molecular complexity index is 957. The molecule has 3 rings (SSSR count). The maximum atomic E-state index is 12.9. The van der Waals surface area contributed by atoms with Crippen molar-refractivity contribution in [2.45, 2.75) is 25.7 Å². The molecule has 0 amide bonds. The fourth-order valence-electron chi connectivity index (χ4n) is 2.41. The average molecular weight is 330 g/mol. The minimum absolute atomic E-state index is 0.206. The molecule has 1 heterocycles. The molecule has 5 nitrogen and oxygen atoms in total. The lowest BCUT2D eigenvalue weighted by Gasteiger charge is -2.06. The number of rotatable bonds is 4. The van der Waals surface area contributed by atoms with Crippen LogP contribution in [0.4, 0.5) is 0 Å². The molecule has 2 aromatic carbocycles. The summed E-state index contributed by atoms with van der Waals surface area (Å²) in [7, 11) is -3.77. The van der Waals surface area contributed by atoms with E-state index in [0.717, 1.165) is 15.2 Å². The van der Waals surface area contributed by atoms with Gasteiger partial charge in [-0.15, -0.1) is 9.19 Å². The van der Waals surface area contributed by atoms with Crippen LogP contribution in [0.3, 0.4) is 0 Å². The molecule has 0 bridgehead atoms. The van der Waals surface area contributed by atoms with Crippen molar-refractivity contribution in [2.75, 3.05) is 6.61 Å². The van der Waals surface area contributed by atoms with E-state index in [1.807, 2.05) is 32.9 Å². The first-order valence-corrected chi connectivity index (χ1v) is 8.82. The largest absolute Gasteiger partial charge is 0.476 e. The van der Waals surface area contributed by atoms with Gasteiger partial charge < -0.3 is 4.74 Å². The lowest BCUT2D eigenvalue weighted by atomic mass is 10.2. The average Bonchev–Trinajstić information content (AvgIpc) is 2.87. The first kappa shape index (κ1) is 15.6. The smallest absolute Gasteiger partial charge is 0.283 e. The fourth-order valence-corrected chi connectivity index (χ4v) is 3.68. The summed E-state index contributed by atoms with van der Waals surface area (Å²) < 4.78 is 32.4. The van der Waals surface area contributed by atoms with E-state index in [9.17, 15) is 8.42 Å². The summed E-state index contributed by atoms with van der Waals surface area (Å²) in [6.07, 6.45) is 0. The summed E-state index contributed by atoms with van der Waals surface area (Å²) in [5.41, 5.74) is 2.48. The second-order valence-electron chi connectivity index (χ2n) is 5.42. The van der Waals surface area contributed by atoms with Crippen molar-refractivity contribution >= 4 is 20.9 Å². The van der Waals surface area contributed by atoms with Gasteiger partial charge in [0.15, 0.2) is 0 Å². The Morgan fingerprint density at radius 3 is 2.35 bits per heavy atom. The van der Waals surface area contributed by atoms with Crippen LogP contribution >= 0.6 is 0 Å². The van der Waals surface area contributed by atoms with E-state index < -0.39 is 10.0 Å². The summed E-state index contributed by atoms with van der Waals surface area (Å²) in [4.78, 5) is 0.206. The molecule has 0 saturated heterocycles. The molecule has 0 spiro atoms. The zero-order valence-corrected chi connectivity index (χ0v) is 14.1. The van der Waals surface area contributed by atoms with Gasteiger partial charge in [0.05, 0.1) is 22.4 Å². The first-order chi connectivity index (χ1) is 10.9. The summed E-state index contributed by atoms with van der Waals surface area (Å²) in [5.74, 6) is 0.332. The van der Waals surface area contributed by atoms with Gasteiger partial charge >= 0.3 is 0 Å². The van der Waals surface area contributed by atoms with Crippen LogP contribution in [0.2, 0.25) is 0 Å². The summed E-state index contributed by atoms with van der Waals surface area (Å²) in [6, 6.07) is 12.3. The third-order valence-corrected chi connectivity index (χ3v) is 5.20. The standard InChI is InChI=1S/C17H18N2O3S/c1-4-22-17-15-10-7-13(3)11-16(15)19(18-17)23(20,21)14-8-5-12(2)6-9-14/h5-11H,4H2,1-3H3. The summed E-state index contributed by atoms with van der Waals surface area (Å²) in [5, 5.41) is 4.89. The lowest BCUT2D eigenvalue weighted by Crippen LogP contribution is -2.14. The van der Waals surface area contributed by atoms with Crippen LogP contribution in [-0.4, -0.2) is 24.2 Å². The van der Waals surface area contributed by atoms with Gasteiger partial charge in [-0.05, 0) is 50.6 Å². The Labute approximate surface area is 135 Å². The van der Waals surface area contributed by atoms with Crippen molar-refractivity contribution in [3.63, 3.8) is 0 Å². The van der Waals surface area contributed by atoms with Crippen molar-refractivity contribution < 1.29 is 13.2 Å². The highest BCUT2D eigenvalue weighted by Gasteiger charge is 2.23. The summed E-state index contributed by atoms with van der Waals surface area (Å²) in [6.45, 7) is 6.09. The monoisotopic (exact) mass is 330 g/mol. The third kappa shape index (κ3) is 2.70. The molecular weight excluding hydrogens is 312 g/mol. The molecule has 120 valence electrons. The SMILES string of the molecule is CCOc1nn(S(=O)(=O)c2ccc(C)cc2)c2cc(C)ccc12. The minimum atomic E-state index is -3.77. The normalized spacial score (nSPS) is 11.8. The van der Waals surface area contributed by atoms with E-state index in [0.29, 0.717) is 23.4 Å². The number of ether oxygens (including phenoxy) is 1. The van der Waals surface area contributed by atoms with E-state index in [-0.39, 0.29) is 4.90 Å². The maximum absolute atomic E-state index is 12.9. The van der Waals surface area contributed by atoms with E-state index in [2.05, 4.69) is 5.10 Å². The highest BCUT2D eigenvalue weighted by molar-refractivity contribution is 7.90. The Morgan fingerprint density at radius 2 is 1.70 bits per heavy atom. The number of aryl methyl sites for hydroxylation is 2. The van der Waals surface area contributed by atoms with Gasteiger partial charge in [0.1, 0.15) is 0 Å². The number of hydrogen-bond donors (Lipinski definition) is 0. The van der Waals surface area contributed by atoms with E-state index in [1.165, 1.54) is 0 Å². The maximum Gasteiger partial charge on any atom is 0.283 e. The highest BCUT2D eigenvalue weighted by atomic mass is 32.2. The molecule has 0 radical (unpaired) electrons. The topological polar surface area (TPSA) is 61.2 Å².